The fraction of sp³-hybridized carbons (Fsp3) is 0.647. The highest BCUT2D eigenvalue weighted by Crippen LogP contribution is 2.27. The van der Waals surface area contributed by atoms with Gasteiger partial charge >= 0.3 is 0 Å². The molecule has 1 heterocycles. The molecule has 0 saturated carbocycles. The molecule has 1 fully saturated rings. The number of rotatable bonds is 8. The van der Waals surface area contributed by atoms with Crippen LogP contribution in [0.2, 0.25) is 0 Å². The smallest absolute Gasteiger partial charge is 0.186 e. The molecule has 0 amide bonds. The number of aromatic hydroxyl groups is 1. The number of unbranched alkanes of at least 4 members (excludes halogenated alkanes) is 1. The molecule has 5 atom stereocenters. The Labute approximate surface area is 146 Å². The van der Waals surface area contributed by atoms with Gasteiger partial charge in [-0.05, 0) is 37.0 Å². The van der Waals surface area contributed by atoms with Gasteiger partial charge in [0.05, 0.1) is 13.7 Å². The van der Waals surface area contributed by atoms with Crippen LogP contribution in [-0.2, 0) is 15.9 Å². The van der Waals surface area contributed by atoms with Gasteiger partial charge in [-0.15, -0.1) is 0 Å². The number of hydrogen-bond donors (Lipinski definition) is 5. The van der Waals surface area contributed by atoms with Gasteiger partial charge in [0.25, 0.3) is 0 Å². The molecule has 0 radical (unpaired) electrons. The molecule has 0 bridgehead atoms. The molecule has 1 aromatic rings. The lowest BCUT2D eigenvalue weighted by molar-refractivity contribution is -0.301. The minimum atomic E-state index is -1.43. The average Bonchev–Trinajstić information content (AvgIpc) is 2.62. The van der Waals surface area contributed by atoms with E-state index < -0.39 is 37.3 Å². The first kappa shape index (κ1) is 19.9. The monoisotopic (exact) mass is 358 g/mol. The molecule has 0 unspecified atom stereocenters. The van der Waals surface area contributed by atoms with Crippen molar-refractivity contribution in [1.82, 2.24) is 0 Å². The normalized spacial score (nSPS) is 29.6. The van der Waals surface area contributed by atoms with Crippen molar-refractivity contribution in [1.29, 1.82) is 0 Å². The number of phenols is 1. The van der Waals surface area contributed by atoms with E-state index in [1.165, 1.54) is 7.11 Å². The minimum Gasteiger partial charge on any atom is -0.504 e. The van der Waals surface area contributed by atoms with Gasteiger partial charge < -0.3 is 39.7 Å². The average molecular weight is 358 g/mol. The summed E-state index contributed by atoms with van der Waals surface area (Å²) in [7, 11) is 1.49. The second-order valence-electron chi connectivity index (χ2n) is 6.03. The SMILES string of the molecule is COc1cc(CCCCO[C@@H]2O[C@H](CO)[C@@H](O)[C@H](O)[C@H]2O)ccc1O. The van der Waals surface area contributed by atoms with Crippen molar-refractivity contribution >= 4 is 0 Å². The van der Waals surface area contributed by atoms with E-state index in [9.17, 15) is 20.4 Å². The van der Waals surface area contributed by atoms with Gasteiger partial charge in [0.1, 0.15) is 24.4 Å². The second-order valence-corrected chi connectivity index (χ2v) is 6.03. The molecule has 25 heavy (non-hydrogen) atoms. The first-order valence-electron chi connectivity index (χ1n) is 8.26. The molecule has 1 saturated heterocycles. The summed E-state index contributed by atoms with van der Waals surface area (Å²) in [6.45, 7) is -0.189. The Balaban J connectivity index is 1.73. The summed E-state index contributed by atoms with van der Waals surface area (Å²) in [6, 6.07) is 5.17. The van der Waals surface area contributed by atoms with Gasteiger partial charge in [-0.25, -0.2) is 0 Å². The Morgan fingerprint density at radius 2 is 1.84 bits per heavy atom. The third-order valence-corrected chi connectivity index (χ3v) is 4.23. The summed E-state index contributed by atoms with van der Waals surface area (Å²) in [5, 5.41) is 47.9. The Hall–Kier alpha value is -1.42. The minimum absolute atomic E-state index is 0.0946. The predicted octanol–water partition coefficient (Wildman–Crippen LogP) is -0.460. The largest absolute Gasteiger partial charge is 0.504 e. The van der Waals surface area contributed by atoms with Crippen LogP contribution in [-0.4, -0.2) is 76.6 Å². The van der Waals surface area contributed by atoms with Crippen LogP contribution in [0.5, 0.6) is 11.5 Å². The maximum Gasteiger partial charge on any atom is 0.186 e. The summed E-state index contributed by atoms with van der Waals surface area (Å²) in [5.41, 5.74) is 1.02. The number of hydrogen-bond acceptors (Lipinski definition) is 8. The molecule has 8 nitrogen and oxygen atoms in total. The van der Waals surface area contributed by atoms with E-state index in [-0.39, 0.29) is 12.4 Å². The number of aliphatic hydroxyl groups is 4. The number of aliphatic hydroxyl groups excluding tert-OH is 4. The van der Waals surface area contributed by atoms with Crippen molar-refractivity contribution in [2.24, 2.45) is 0 Å². The van der Waals surface area contributed by atoms with Crippen LogP contribution in [0.3, 0.4) is 0 Å². The van der Waals surface area contributed by atoms with Gasteiger partial charge in [0.2, 0.25) is 0 Å². The molecular weight excluding hydrogens is 332 g/mol. The van der Waals surface area contributed by atoms with Crippen LogP contribution in [0.4, 0.5) is 0 Å². The summed E-state index contributed by atoms with van der Waals surface area (Å²) < 4.78 is 15.8. The van der Waals surface area contributed by atoms with Crippen LogP contribution in [0.25, 0.3) is 0 Å². The highest BCUT2D eigenvalue weighted by molar-refractivity contribution is 5.41. The third-order valence-electron chi connectivity index (χ3n) is 4.23. The Morgan fingerprint density at radius 1 is 1.08 bits per heavy atom. The van der Waals surface area contributed by atoms with Crippen LogP contribution in [0, 0.1) is 0 Å². The van der Waals surface area contributed by atoms with Gasteiger partial charge in [0, 0.05) is 6.61 Å². The number of benzene rings is 1. The van der Waals surface area contributed by atoms with E-state index in [1.54, 1.807) is 12.1 Å². The molecule has 142 valence electrons. The summed E-state index contributed by atoms with van der Waals surface area (Å²) in [5.74, 6) is 0.521. The lowest BCUT2D eigenvalue weighted by atomic mass is 9.99. The molecule has 1 aromatic carbocycles. The number of aryl methyl sites for hydroxylation is 1. The van der Waals surface area contributed by atoms with Crippen molar-refractivity contribution in [2.45, 2.75) is 50.0 Å². The van der Waals surface area contributed by atoms with Crippen molar-refractivity contribution in [2.75, 3.05) is 20.3 Å². The van der Waals surface area contributed by atoms with Gasteiger partial charge in [-0.2, -0.15) is 0 Å². The van der Waals surface area contributed by atoms with E-state index in [4.69, 9.17) is 19.3 Å². The Kier molecular flexibility index (Phi) is 7.42. The van der Waals surface area contributed by atoms with Crippen LogP contribution >= 0.6 is 0 Å². The fourth-order valence-corrected chi connectivity index (χ4v) is 2.71. The van der Waals surface area contributed by atoms with E-state index >= 15 is 0 Å². The van der Waals surface area contributed by atoms with Crippen molar-refractivity contribution in [3.05, 3.63) is 23.8 Å². The maximum atomic E-state index is 9.86. The zero-order chi connectivity index (χ0) is 18.4. The Morgan fingerprint density at radius 3 is 2.52 bits per heavy atom. The standard InChI is InChI=1S/C17H26O8/c1-23-12-8-10(5-6-11(12)19)4-2-3-7-24-17-16(22)15(21)14(20)13(9-18)25-17/h5-6,8,13-22H,2-4,7,9H2,1H3/t13-,14-,15+,16-,17-/m1/s1. The first-order valence-corrected chi connectivity index (χ1v) is 8.26. The third kappa shape index (κ3) is 5.04. The first-order chi connectivity index (χ1) is 12.0. The van der Waals surface area contributed by atoms with Gasteiger partial charge in [0.15, 0.2) is 17.8 Å². The van der Waals surface area contributed by atoms with Crippen molar-refractivity contribution in [3.8, 4) is 11.5 Å². The van der Waals surface area contributed by atoms with Gasteiger partial charge in [-0.3, -0.25) is 0 Å². The van der Waals surface area contributed by atoms with E-state index in [0.29, 0.717) is 12.2 Å². The van der Waals surface area contributed by atoms with Crippen LogP contribution < -0.4 is 4.74 Å². The molecule has 0 aromatic heterocycles. The Bertz CT molecular complexity index is 535. The van der Waals surface area contributed by atoms with Crippen molar-refractivity contribution < 1.29 is 39.7 Å². The van der Waals surface area contributed by atoms with E-state index in [0.717, 1.165) is 18.4 Å². The number of methoxy groups -OCH3 is 1. The number of ether oxygens (including phenoxy) is 3. The summed E-state index contributed by atoms with van der Waals surface area (Å²) in [4.78, 5) is 0. The van der Waals surface area contributed by atoms with Crippen LogP contribution in [0.15, 0.2) is 18.2 Å². The highest BCUT2D eigenvalue weighted by Gasteiger charge is 2.43. The molecule has 5 N–H and O–H groups in total. The fourth-order valence-electron chi connectivity index (χ4n) is 2.71. The zero-order valence-corrected chi connectivity index (χ0v) is 14.1. The molecule has 0 aliphatic carbocycles. The summed E-state index contributed by atoms with van der Waals surface area (Å²) in [6.07, 6.45) is -4.01. The molecule has 2 rings (SSSR count). The zero-order valence-electron chi connectivity index (χ0n) is 14.1. The highest BCUT2D eigenvalue weighted by atomic mass is 16.7. The van der Waals surface area contributed by atoms with Crippen molar-refractivity contribution in [3.63, 3.8) is 0 Å². The molecule has 0 spiro atoms. The maximum absolute atomic E-state index is 9.86. The van der Waals surface area contributed by atoms with Crippen LogP contribution in [0.1, 0.15) is 18.4 Å². The summed E-state index contributed by atoms with van der Waals surface area (Å²) >= 11 is 0. The predicted molar refractivity (Wildman–Crippen MR) is 87.3 cm³/mol. The lowest BCUT2D eigenvalue weighted by Gasteiger charge is -2.39. The number of phenolic OH excluding ortho intramolecular Hbond substituents is 1. The molecular formula is C17H26O8. The quantitative estimate of drug-likeness (QED) is 0.395. The topological polar surface area (TPSA) is 129 Å². The second kappa shape index (κ2) is 9.33. The molecule has 1 aliphatic rings. The lowest BCUT2D eigenvalue weighted by Crippen LogP contribution is -2.59. The van der Waals surface area contributed by atoms with Gasteiger partial charge in [-0.1, -0.05) is 6.07 Å². The van der Waals surface area contributed by atoms with E-state index in [1.807, 2.05) is 6.07 Å². The molecule has 1 aliphatic heterocycles. The molecule has 8 heteroatoms. The van der Waals surface area contributed by atoms with E-state index in [2.05, 4.69) is 0 Å².